The number of hydrogen-bond donors (Lipinski definition) is 0. The summed E-state index contributed by atoms with van der Waals surface area (Å²) in [4.78, 5) is 18.4. The Morgan fingerprint density at radius 2 is 1.96 bits per heavy atom. The van der Waals surface area contributed by atoms with Crippen LogP contribution < -0.4 is 0 Å². The molecule has 6 nitrogen and oxygen atoms in total. The van der Waals surface area contributed by atoms with E-state index in [0.717, 1.165) is 5.69 Å². The lowest BCUT2D eigenvalue weighted by atomic mass is 10.2. The molecular formula is C17H16ClN5O. The van der Waals surface area contributed by atoms with Gasteiger partial charge in [0.2, 0.25) is 0 Å². The zero-order chi connectivity index (χ0) is 17.1. The Morgan fingerprint density at radius 3 is 2.67 bits per heavy atom. The van der Waals surface area contributed by atoms with E-state index in [1.54, 1.807) is 35.8 Å². The van der Waals surface area contributed by atoms with Crippen LogP contribution in [0.3, 0.4) is 0 Å². The molecule has 0 aliphatic heterocycles. The Hall–Kier alpha value is -2.73. The van der Waals surface area contributed by atoms with Crippen molar-refractivity contribution in [3.63, 3.8) is 0 Å². The minimum absolute atomic E-state index is 0.212. The predicted octanol–water partition coefficient (Wildman–Crippen LogP) is 2.90. The molecule has 0 unspecified atom stereocenters. The molecule has 0 aliphatic carbocycles. The van der Waals surface area contributed by atoms with Gasteiger partial charge in [-0.05, 0) is 31.2 Å². The van der Waals surface area contributed by atoms with Crippen LogP contribution in [0.4, 0.5) is 0 Å². The molecule has 122 valence electrons. The number of hydrogen-bond acceptors (Lipinski definition) is 4. The highest BCUT2D eigenvalue weighted by Gasteiger charge is 2.21. The Bertz CT molecular complexity index is 862. The summed E-state index contributed by atoms with van der Waals surface area (Å²) in [6.07, 6.45) is 1.70. The number of aromatic nitrogens is 4. The fraction of sp³-hybridized carbons (Fsp3) is 0.176. The van der Waals surface area contributed by atoms with E-state index in [0.29, 0.717) is 28.6 Å². The topological polar surface area (TPSA) is 63.9 Å². The molecule has 0 N–H and O–H groups in total. The van der Waals surface area contributed by atoms with Crippen molar-refractivity contribution in [1.29, 1.82) is 0 Å². The maximum atomic E-state index is 12.6. The second kappa shape index (κ2) is 6.80. The largest absolute Gasteiger partial charge is 0.334 e. The van der Waals surface area contributed by atoms with E-state index < -0.39 is 0 Å². The summed E-state index contributed by atoms with van der Waals surface area (Å²) in [6, 6.07) is 12.9. The summed E-state index contributed by atoms with van der Waals surface area (Å²) in [5.74, 6) is -0.212. The van der Waals surface area contributed by atoms with Gasteiger partial charge < -0.3 is 4.90 Å². The van der Waals surface area contributed by atoms with Crippen molar-refractivity contribution in [3.05, 3.63) is 70.8 Å². The molecule has 0 saturated carbocycles. The molecular weight excluding hydrogens is 326 g/mol. The Balaban J connectivity index is 1.85. The number of para-hydroxylation sites is 1. The first-order valence-electron chi connectivity index (χ1n) is 7.40. The standard InChI is InChI=1S/C17H16ClN5O/c1-12-16(17(24)22(2)11-13-7-5-6-10-19-13)20-21-23(12)15-9-4-3-8-14(15)18/h3-10H,11H2,1-2H3. The molecule has 0 radical (unpaired) electrons. The van der Waals surface area contributed by atoms with E-state index in [1.165, 1.54) is 0 Å². The van der Waals surface area contributed by atoms with E-state index in [9.17, 15) is 4.79 Å². The fourth-order valence-electron chi connectivity index (χ4n) is 2.37. The van der Waals surface area contributed by atoms with E-state index >= 15 is 0 Å². The van der Waals surface area contributed by atoms with E-state index in [1.807, 2.05) is 36.4 Å². The minimum atomic E-state index is -0.212. The van der Waals surface area contributed by atoms with Crippen molar-refractivity contribution in [2.24, 2.45) is 0 Å². The average molecular weight is 342 g/mol. The predicted molar refractivity (Wildman–Crippen MR) is 91.1 cm³/mol. The van der Waals surface area contributed by atoms with Crippen molar-refractivity contribution in [2.45, 2.75) is 13.5 Å². The fourth-order valence-corrected chi connectivity index (χ4v) is 2.58. The van der Waals surface area contributed by atoms with Gasteiger partial charge in [-0.15, -0.1) is 5.10 Å². The summed E-state index contributed by atoms with van der Waals surface area (Å²) >= 11 is 6.20. The summed E-state index contributed by atoms with van der Waals surface area (Å²) in [5.41, 5.74) is 2.44. The monoisotopic (exact) mass is 341 g/mol. The van der Waals surface area contributed by atoms with Gasteiger partial charge in [-0.2, -0.15) is 0 Å². The molecule has 3 rings (SSSR count). The van der Waals surface area contributed by atoms with Crippen molar-refractivity contribution in [2.75, 3.05) is 7.05 Å². The maximum Gasteiger partial charge on any atom is 0.276 e. The van der Waals surface area contributed by atoms with E-state index in [4.69, 9.17) is 11.6 Å². The molecule has 1 aromatic carbocycles. The SMILES string of the molecule is Cc1c(C(=O)N(C)Cc2ccccn2)nnn1-c1ccccc1Cl. The number of carbonyl (C=O) groups is 1. The first kappa shape index (κ1) is 16.1. The van der Waals surface area contributed by atoms with Crippen LogP contribution >= 0.6 is 11.6 Å². The van der Waals surface area contributed by atoms with Crippen LogP contribution in [0.25, 0.3) is 5.69 Å². The molecule has 2 aromatic heterocycles. The van der Waals surface area contributed by atoms with Crippen LogP contribution in [0.1, 0.15) is 21.9 Å². The van der Waals surface area contributed by atoms with Gasteiger partial charge in [-0.25, -0.2) is 4.68 Å². The molecule has 0 saturated heterocycles. The molecule has 2 heterocycles. The summed E-state index contributed by atoms with van der Waals surface area (Å²) in [7, 11) is 1.71. The summed E-state index contributed by atoms with van der Waals surface area (Å²) in [5, 5.41) is 8.66. The first-order valence-corrected chi connectivity index (χ1v) is 7.78. The lowest BCUT2D eigenvalue weighted by molar-refractivity contribution is 0.0776. The molecule has 24 heavy (non-hydrogen) atoms. The highest BCUT2D eigenvalue weighted by Crippen LogP contribution is 2.21. The molecule has 3 aromatic rings. The minimum Gasteiger partial charge on any atom is -0.334 e. The molecule has 0 bridgehead atoms. The molecule has 0 atom stereocenters. The number of rotatable bonds is 4. The van der Waals surface area contributed by atoms with Crippen molar-refractivity contribution < 1.29 is 4.79 Å². The number of amides is 1. The molecule has 0 fully saturated rings. The smallest absolute Gasteiger partial charge is 0.276 e. The second-order valence-corrected chi connectivity index (χ2v) is 5.78. The number of pyridine rings is 1. The molecule has 1 amide bonds. The second-order valence-electron chi connectivity index (χ2n) is 5.37. The Labute approximate surface area is 144 Å². The normalized spacial score (nSPS) is 10.6. The van der Waals surface area contributed by atoms with Crippen LogP contribution in [0.15, 0.2) is 48.7 Å². The van der Waals surface area contributed by atoms with Crippen molar-refractivity contribution >= 4 is 17.5 Å². The quantitative estimate of drug-likeness (QED) is 0.732. The number of nitrogens with zero attached hydrogens (tertiary/aromatic N) is 5. The van der Waals surface area contributed by atoms with Crippen molar-refractivity contribution in [3.8, 4) is 5.69 Å². The Morgan fingerprint density at radius 1 is 1.21 bits per heavy atom. The van der Waals surface area contributed by atoms with Crippen molar-refractivity contribution in [1.82, 2.24) is 24.9 Å². The average Bonchev–Trinajstić information content (AvgIpc) is 2.97. The summed E-state index contributed by atoms with van der Waals surface area (Å²) < 4.78 is 1.57. The van der Waals surface area contributed by atoms with Gasteiger partial charge in [0.25, 0.3) is 5.91 Å². The maximum absolute atomic E-state index is 12.6. The van der Waals surface area contributed by atoms with Gasteiger partial charge in [0.05, 0.1) is 28.6 Å². The van der Waals surface area contributed by atoms with Gasteiger partial charge in [0.1, 0.15) is 0 Å². The lowest BCUT2D eigenvalue weighted by Crippen LogP contribution is -2.27. The van der Waals surface area contributed by atoms with Crippen LogP contribution in [0, 0.1) is 6.92 Å². The lowest BCUT2D eigenvalue weighted by Gasteiger charge is -2.15. The molecule has 0 spiro atoms. The van der Waals surface area contributed by atoms with E-state index in [-0.39, 0.29) is 5.91 Å². The highest BCUT2D eigenvalue weighted by atomic mass is 35.5. The zero-order valence-electron chi connectivity index (χ0n) is 13.3. The third-order valence-electron chi connectivity index (χ3n) is 3.65. The van der Waals surface area contributed by atoms with Crippen LogP contribution in [0.2, 0.25) is 5.02 Å². The summed E-state index contributed by atoms with van der Waals surface area (Å²) in [6.45, 7) is 2.20. The Kier molecular flexibility index (Phi) is 4.57. The number of carbonyl (C=O) groups excluding carboxylic acids is 1. The number of benzene rings is 1. The van der Waals surface area contributed by atoms with Gasteiger partial charge in [0, 0.05) is 13.2 Å². The van der Waals surface area contributed by atoms with Gasteiger partial charge >= 0.3 is 0 Å². The molecule has 0 aliphatic rings. The number of halogens is 1. The van der Waals surface area contributed by atoms with Crippen LogP contribution in [0.5, 0.6) is 0 Å². The van der Waals surface area contributed by atoms with Gasteiger partial charge in [-0.1, -0.05) is 35.0 Å². The first-order chi connectivity index (χ1) is 11.6. The van der Waals surface area contributed by atoms with Crippen LogP contribution in [-0.4, -0.2) is 37.8 Å². The van der Waals surface area contributed by atoms with Gasteiger partial charge in [-0.3, -0.25) is 9.78 Å². The van der Waals surface area contributed by atoms with Crippen LogP contribution in [-0.2, 0) is 6.54 Å². The zero-order valence-corrected chi connectivity index (χ0v) is 14.1. The van der Waals surface area contributed by atoms with E-state index in [2.05, 4.69) is 15.3 Å². The highest BCUT2D eigenvalue weighted by molar-refractivity contribution is 6.32. The van der Waals surface area contributed by atoms with Gasteiger partial charge in [0.15, 0.2) is 5.69 Å². The third-order valence-corrected chi connectivity index (χ3v) is 3.97. The third kappa shape index (κ3) is 3.14. The molecule has 7 heteroatoms.